The van der Waals surface area contributed by atoms with Gasteiger partial charge < -0.3 is 9.72 Å². The first-order valence-corrected chi connectivity index (χ1v) is 9.62. The van der Waals surface area contributed by atoms with Crippen LogP contribution in [0.15, 0.2) is 29.1 Å². The zero-order valence-electron chi connectivity index (χ0n) is 16.8. The van der Waals surface area contributed by atoms with E-state index in [1.54, 1.807) is 7.11 Å². The van der Waals surface area contributed by atoms with E-state index in [0.29, 0.717) is 11.4 Å². The Hall–Kier alpha value is -2.74. The molecule has 0 amide bonds. The molecule has 4 rings (SSSR count). The van der Waals surface area contributed by atoms with E-state index in [2.05, 4.69) is 46.2 Å². The molecule has 0 bridgehead atoms. The summed E-state index contributed by atoms with van der Waals surface area (Å²) in [6, 6.07) is 7.29. The van der Waals surface area contributed by atoms with Gasteiger partial charge in [-0.2, -0.15) is 0 Å². The lowest BCUT2D eigenvalue weighted by atomic mass is 10.0. The number of H-pyrrole nitrogens is 1. The molecule has 1 saturated heterocycles. The minimum atomic E-state index is -0.295. The van der Waals surface area contributed by atoms with Crippen molar-refractivity contribution < 1.29 is 4.74 Å². The monoisotopic (exact) mass is 382 g/mol. The first-order chi connectivity index (χ1) is 13.4. The van der Waals surface area contributed by atoms with Crippen LogP contribution in [0.25, 0.3) is 10.9 Å². The third-order valence-electron chi connectivity index (χ3n) is 5.25. The summed E-state index contributed by atoms with van der Waals surface area (Å²) in [5, 5.41) is 13.4. The van der Waals surface area contributed by atoms with Crippen molar-refractivity contribution in [3.05, 3.63) is 46.0 Å². The number of ether oxygens (including phenoxy) is 1. The number of hydrogen-bond donors (Lipinski definition) is 1. The molecule has 3 heterocycles. The minimum Gasteiger partial charge on any atom is -0.497 e. The van der Waals surface area contributed by atoms with Gasteiger partial charge in [0.2, 0.25) is 0 Å². The number of benzene rings is 1. The van der Waals surface area contributed by atoms with Crippen LogP contribution in [0.3, 0.4) is 0 Å². The van der Waals surface area contributed by atoms with Gasteiger partial charge in [-0.25, -0.2) is 4.68 Å². The van der Waals surface area contributed by atoms with E-state index in [4.69, 9.17) is 4.74 Å². The number of aromatic nitrogens is 5. The van der Waals surface area contributed by atoms with Crippen LogP contribution in [0.4, 0.5) is 0 Å². The number of pyridine rings is 1. The van der Waals surface area contributed by atoms with Gasteiger partial charge in [0.05, 0.1) is 12.6 Å². The highest BCUT2D eigenvalue weighted by atomic mass is 16.5. The quantitative estimate of drug-likeness (QED) is 0.746. The van der Waals surface area contributed by atoms with E-state index in [-0.39, 0.29) is 17.1 Å². The summed E-state index contributed by atoms with van der Waals surface area (Å²) in [6.45, 7) is 8.00. The van der Waals surface area contributed by atoms with Crippen LogP contribution in [0.1, 0.15) is 51.0 Å². The smallest absolute Gasteiger partial charge is 0.253 e. The number of fused-ring (bicyclic) bond motifs is 1. The molecule has 0 aliphatic carbocycles. The van der Waals surface area contributed by atoms with Crippen molar-refractivity contribution in [2.75, 3.05) is 20.2 Å². The molecule has 8 nitrogen and oxygen atoms in total. The van der Waals surface area contributed by atoms with Gasteiger partial charge in [0, 0.05) is 16.5 Å². The van der Waals surface area contributed by atoms with Crippen molar-refractivity contribution in [3.8, 4) is 5.75 Å². The topological polar surface area (TPSA) is 88.9 Å². The summed E-state index contributed by atoms with van der Waals surface area (Å²) in [4.78, 5) is 18.4. The van der Waals surface area contributed by atoms with Crippen molar-refractivity contribution >= 4 is 10.9 Å². The fraction of sp³-hybridized carbons (Fsp3) is 0.500. The van der Waals surface area contributed by atoms with Crippen LogP contribution in [0, 0.1) is 0 Å². The largest absolute Gasteiger partial charge is 0.497 e. The average Bonchev–Trinajstić information content (AvgIpc) is 3.34. The number of methoxy groups -OCH3 is 1. The molecule has 1 fully saturated rings. The molecule has 148 valence electrons. The Kier molecular flexibility index (Phi) is 4.66. The number of rotatable bonds is 4. The lowest BCUT2D eigenvalue weighted by molar-refractivity contribution is 0.241. The highest BCUT2D eigenvalue weighted by Crippen LogP contribution is 2.32. The summed E-state index contributed by atoms with van der Waals surface area (Å²) < 4.78 is 7.17. The van der Waals surface area contributed by atoms with Gasteiger partial charge in [0.25, 0.3) is 5.56 Å². The molecule has 1 N–H and O–H groups in total. The SMILES string of the molecule is COc1ccc2[nH]c(=O)c([C@@H](c3nnnn3C(C)(C)C)N3CCCC3)cc2c1. The van der Waals surface area contributed by atoms with Crippen molar-refractivity contribution in [2.24, 2.45) is 0 Å². The van der Waals surface area contributed by atoms with Gasteiger partial charge in [0.15, 0.2) is 5.82 Å². The van der Waals surface area contributed by atoms with Gasteiger partial charge in [-0.1, -0.05) is 0 Å². The summed E-state index contributed by atoms with van der Waals surface area (Å²) >= 11 is 0. The molecule has 1 aliphatic heterocycles. The highest BCUT2D eigenvalue weighted by Gasteiger charge is 2.34. The van der Waals surface area contributed by atoms with Crippen LogP contribution in [-0.2, 0) is 5.54 Å². The number of likely N-dealkylation sites (tertiary alicyclic amines) is 1. The first-order valence-electron chi connectivity index (χ1n) is 9.62. The predicted molar refractivity (Wildman–Crippen MR) is 107 cm³/mol. The molecule has 2 aromatic heterocycles. The molecule has 1 atom stereocenters. The number of nitrogens with one attached hydrogen (secondary N) is 1. The molecule has 0 radical (unpaired) electrons. The predicted octanol–water partition coefficient (Wildman–Crippen LogP) is 2.46. The van der Waals surface area contributed by atoms with Crippen molar-refractivity contribution in [3.63, 3.8) is 0 Å². The van der Waals surface area contributed by atoms with Crippen molar-refractivity contribution in [1.82, 2.24) is 30.1 Å². The molecule has 8 heteroatoms. The Labute approximate surface area is 163 Å². The molecular formula is C20H26N6O2. The van der Waals surface area contributed by atoms with E-state index in [9.17, 15) is 4.79 Å². The lowest BCUT2D eigenvalue weighted by Gasteiger charge is -2.29. The van der Waals surface area contributed by atoms with Gasteiger partial charge in [-0.05, 0) is 81.4 Å². The Morgan fingerprint density at radius 3 is 2.61 bits per heavy atom. The van der Waals surface area contributed by atoms with Crippen LogP contribution >= 0.6 is 0 Å². The molecule has 0 unspecified atom stereocenters. The molecule has 0 saturated carbocycles. The third-order valence-corrected chi connectivity index (χ3v) is 5.25. The Balaban J connectivity index is 1.91. The van der Waals surface area contributed by atoms with E-state index in [1.165, 1.54) is 0 Å². The molecular weight excluding hydrogens is 356 g/mol. The van der Waals surface area contributed by atoms with Gasteiger partial charge >= 0.3 is 0 Å². The Morgan fingerprint density at radius 1 is 1.18 bits per heavy atom. The summed E-state index contributed by atoms with van der Waals surface area (Å²) in [5.74, 6) is 1.45. The van der Waals surface area contributed by atoms with Crippen LogP contribution < -0.4 is 10.3 Å². The number of nitrogens with zero attached hydrogens (tertiary/aromatic N) is 5. The molecule has 0 spiro atoms. The van der Waals surface area contributed by atoms with E-state index in [0.717, 1.165) is 42.6 Å². The minimum absolute atomic E-state index is 0.113. The molecule has 3 aromatic rings. The second-order valence-electron chi connectivity index (χ2n) is 8.27. The third kappa shape index (κ3) is 3.28. The van der Waals surface area contributed by atoms with Gasteiger partial charge in [-0.15, -0.1) is 5.10 Å². The van der Waals surface area contributed by atoms with Crippen LogP contribution in [0.2, 0.25) is 0 Å². The van der Waals surface area contributed by atoms with Gasteiger partial charge in [-0.3, -0.25) is 9.69 Å². The van der Waals surface area contributed by atoms with E-state index < -0.39 is 0 Å². The fourth-order valence-corrected chi connectivity index (χ4v) is 3.87. The fourth-order valence-electron chi connectivity index (χ4n) is 3.87. The number of tetrazole rings is 1. The zero-order chi connectivity index (χ0) is 19.9. The number of aromatic amines is 1. The molecule has 28 heavy (non-hydrogen) atoms. The van der Waals surface area contributed by atoms with Crippen LogP contribution in [-0.4, -0.2) is 50.3 Å². The second-order valence-corrected chi connectivity index (χ2v) is 8.27. The van der Waals surface area contributed by atoms with Gasteiger partial charge in [0.1, 0.15) is 11.8 Å². The maximum atomic E-state index is 13.1. The maximum absolute atomic E-state index is 13.1. The summed E-state index contributed by atoms with van der Waals surface area (Å²) in [6.07, 6.45) is 2.21. The normalized spacial score (nSPS) is 16.6. The zero-order valence-corrected chi connectivity index (χ0v) is 16.8. The summed E-state index contributed by atoms with van der Waals surface area (Å²) in [7, 11) is 1.64. The summed E-state index contributed by atoms with van der Waals surface area (Å²) in [5.41, 5.74) is 1.04. The van der Waals surface area contributed by atoms with Crippen molar-refractivity contribution in [2.45, 2.75) is 45.2 Å². The maximum Gasteiger partial charge on any atom is 0.253 e. The van der Waals surface area contributed by atoms with E-state index >= 15 is 0 Å². The van der Waals surface area contributed by atoms with Crippen LogP contribution in [0.5, 0.6) is 5.75 Å². The first kappa shape index (κ1) is 18.6. The van der Waals surface area contributed by atoms with Crippen molar-refractivity contribution in [1.29, 1.82) is 0 Å². The second kappa shape index (κ2) is 7.01. The number of hydrogen-bond acceptors (Lipinski definition) is 6. The Bertz CT molecular complexity index is 1040. The average molecular weight is 382 g/mol. The molecule has 1 aliphatic rings. The molecule has 1 aromatic carbocycles. The Morgan fingerprint density at radius 2 is 1.93 bits per heavy atom. The standard InChI is InChI=1S/C20H26N6O2/c1-20(2,3)26-18(22-23-24-26)17(25-9-5-6-10-25)15-12-13-11-14(28-4)7-8-16(13)21-19(15)27/h7-8,11-12,17H,5-6,9-10H2,1-4H3,(H,21,27)/t17-/m0/s1. The van der Waals surface area contributed by atoms with E-state index in [1.807, 2.05) is 28.9 Å². The lowest BCUT2D eigenvalue weighted by Crippen LogP contribution is -2.36. The highest BCUT2D eigenvalue weighted by molar-refractivity contribution is 5.80.